The van der Waals surface area contributed by atoms with Crippen molar-refractivity contribution in [1.82, 2.24) is 0 Å². The molecule has 0 aromatic rings. The van der Waals surface area contributed by atoms with Crippen LogP contribution in [0.3, 0.4) is 0 Å². The Kier molecular flexibility index (Phi) is 2.35. The standard InChI is InChI=1S/C10H11ClO3/c1-14-10(13)8-6-3-2-5(4-6)7(8)9(11)12/h2-3,5-8H,4H2,1H3/t5-,6+,7-,8+/m1/s1. The molecule has 76 valence electrons. The molecule has 4 heteroatoms. The highest BCUT2D eigenvalue weighted by atomic mass is 35.5. The van der Waals surface area contributed by atoms with Crippen LogP contribution in [-0.2, 0) is 14.3 Å². The van der Waals surface area contributed by atoms with Crippen molar-refractivity contribution < 1.29 is 14.3 Å². The SMILES string of the molecule is COC(=O)[C@@H]1[C@H](C(=O)Cl)[C@@H]2C=C[C@H]1C2. The van der Waals surface area contributed by atoms with Crippen molar-refractivity contribution in [3.63, 3.8) is 0 Å². The number of methoxy groups -OCH3 is 1. The Morgan fingerprint density at radius 2 is 1.86 bits per heavy atom. The Morgan fingerprint density at radius 1 is 1.29 bits per heavy atom. The molecule has 1 fully saturated rings. The summed E-state index contributed by atoms with van der Waals surface area (Å²) < 4.78 is 4.68. The lowest BCUT2D eigenvalue weighted by atomic mass is 9.84. The van der Waals surface area contributed by atoms with E-state index in [1.807, 2.05) is 12.2 Å². The molecule has 2 aliphatic rings. The van der Waals surface area contributed by atoms with E-state index in [1.165, 1.54) is 7.11 Å². The van der Waals surface area contributed by atoms with Crippen molar-refractivity contribution in [2.75, 3.05) is 7.11 Å². The second-order valence-corrected chi connectivity index (χ2v) is 4.20. The zero-order valence-electron chi connectivity index (χ0n) is 7.77. The topological polar surface area (TPSA) is 43.4 Å². The number of halogens is 1. The maximum absolute atomic E-state index is 11.5. The molecule has 0 heterocycles. The fourth-order valence-corrected chi connectivity index (χ4v) is 2.89. The second-order valence-electron chi connectivity index (χ2n) is 3.83. The molecule has 14 heavy (non-hydrogen) atoms. The third kappa shape index (κ3) is 1.27. The normalized spacial score (nSPS) is 38.7. The Hall–Kier alpha value is -0.830. The van der Waals surface area contributed by atoms with Crippen molar-refractivity contribution in [1.29, 1.82) is 0 Å². The third-order valence-electron chi connectivity index (χ3n) is 3.19. The van der Waals surface area contributed by atoms with Crippen LogP contribution < -0.4 is 0 Å². The Labute approximate surface area is 87.1 Å². The van der Waals surface area contributed by atoms with E-state index >= 15 is 0 Å². The molecule has 0 aliphatic heterocycles. The molecule has 2 aliphatic carbocycles. The maximum Gasteiger partial charge on any atom is 0.310 e. The largest absolute Gasteiger partial charge is 0.469 e. The summed E-state index contributed by atoms with van der Waals surface area (Å²) in [6.45, 7) is 0. The van der Waals surface area contributed by atoms with E-state index in [4.69, 9.17) is 11.6 Å². The van der Waals surface area contributed by atoms with Crippen molar-refractivity contribution in [2.45, 2.75) is 6.42 Å². The predicted octanol–water partition coefficient (Wildman–Crippen LogP) is 1.36. The van der Waals surface area contributed by atoms with E-state index in [0.717, 1.165) is 6.42 Å². The van der Waals surface area contributed by atoms with Gasteiger partial charge in [-0.05, 0) is 29.9 Å². The van der Waals surface area contributed by atoms with Gasteiger partial charge in [-0.1, -0.05) is 12.2 Å². The van der Waals surface area contributed by atoms with Crippen LogP contribution in [0.15, 0.2) is 12.2 Å². The van der Waals surface area contributed by atoms with Gasteiger partial charge < -0.3 is 4.74 Å². The molecule has 0 spiro atoms. The molecule has 4 atom stereocenters. The first kappa shape index (κ1) is 9.71. The molecule has 0 radical (unpaired) electrons. The van der Waals surface area contributed by atoms with E-state index in [0.29, 0.717) is 0 Å². The first-order chi connectivity index (χ1) is 6.65. The summed E-state index contributed by atoms with van der Waals surface area (Å²) in [6, 6.07) is 0. The van der Waals surface area contributed by atoms with Crippen LogP contribution in [-0.4, -0.2) is 18.3 Å². The summed E-state index contributed by atoms with van der Waals surface area (Å²) in [7, 11) is 1.34. The lowest BCUT2D eigenvalue weighted by molar-refractivity contribution is -0.149. The first-order valence-electron chi connectivity index (χ1n) is 4.60. The van der Waals surface area contributed by atoms with E-state index in [-0.39, 0.29) is 29.6 Å². The summed E-state index contributed by atoms with van der Waals surface area (Å²) in [5.74, 6) is -0.783. The van der Waals surface area contributed by atoms with Crippen molar-refractivity contribution >= 4 is 22.8 Å². The van der Waals surface area contributed by atoms with Crippen LogP contribution >= 0.6 is 11.6 Å². The summed E-state index contributed by atoms with van der Waals surface area (Å²) in [5.41, 5.74) is 0. The molecule has 0 saturated heterocycles. The lowest BCUT2D eigenvalue weighted by Crippen LogP contribution is -2.31. The highest BCUT2D eigenvalue weighted by Crippen LogP contribution is 2.49. The van der Waals surface area contributed by atoms with Crippen LogP contribution in [0.1, 0.15) is 6.42 Å². The van der Waals surface area contributed by atoms with Gasteiger partial charge in [0.1, 0.15) is 0 Å². The molecule has 2 rings (SSSR count). The molecule has 2 bridgehead atoms. The Bertz CT molecular complexity index is 310. The summed E-state index contributed by atoms with van der Waals surface area (Å²) >= 11 is 5.49. The van der Waals surface area contributed by atoms with Gasteiger partial charge in [0.25, 0.3) is 0 Å². The second kappa shape index (κ2) is 3.39. The summed E-state index contributed by atoms with van der Waals surface area (Å²) in [4.78, 5) is 22.6. The number of rotatable bonds is 2. The average molecular weight is 215 g/mol. The minimum absolute atomic E-state index is 0.133. The fraction of sp³-hybridized carbons (Fsp3) is 0.600. The monoisotopic (exact) mass is 214 g/mol. The third-order valence-corrected chi connectivity index (χ3v) is 3.45. The maximum atomic E-state index is 11.5. The number of fused-ring (bicyclic) bond motifs is 2. The van der Waals surface area contributed by atoms with Crippen LogP contribution in [0.25, 0.3) is 0 Å². The van der Waals surface area contributed by atoms with Gasteiger partial charge in [-0.2, -0.15) is 0 Å². The molecular weight excluding hydrogens is 204 g/mol. The van der Waals surface area contributed by atoms with E-state index in [1.54, 1.807) is 0 Å². The lowest BCUT2D eigenvalue weighted by Gasteiger charge is -2.22. The van der Waals surface area contributed by atoms with Crippen molar-refractivity contribution in [2.24, 2.45) is 23.7 Å². The molecular formula is C10H11ClO3. The average Bonchev–Trinajstić information content (AvgIpc) is 2.74. The molecule has 3 nitrogen and oxygen atoms in total. The van der Waals surface area contributed by atoms with E-state index in [2.05, 4.69) is 4.74 Å². The zero-order chi connectivity index (χ0) is 10.3. The molecule has 0 aromatic heterocycles. The molecule has 1 saturated carbocycles. The molecule has 0 N–H and O–H groups in total. The minimum atomic E-state index is -0.419. The van der Waals surface area contributed by atoms with E-state index in [9.17, 15) is 9.59 Å². The van der Waals surface area contributed by atoms with Gasteiger partial charge in [0.2, 0.25) is 5.24 Å². The number of carbonyl (C=O) groups is 2. The van der Waals surface area contributed by atoms with Gasteiger partial charge in [0, 0.05) is 0 Å². The molecule has 0 unspecified atom stereocenters. The van der Waals surface area contributed by atoms with E-state index < -0.39 is 5.24 Å². The number of hydrogen-bond donors (Lipinski definition) is 0. The van der Waals surface area contributed by atoms with Crippen LogP contribution in [0, 0.1) is 23.7 Å². The van der Waals surface area contributed by atoms with Gasteiger partial charge in [0.15, 0.2) is 0 Å². The quantitative estimate of drug-likeness (QED) is 0.396. The number of ether oxygens (including phenoxy) is 1. The van der Waals surface area contributed by atoms with Gasteiger partial charge in [0.05, 0.1) is 18.9 Å². The zero-order valence-corrected chi connectivity index (χ0v) is 8.53. The fourth-order valence-electron chi connectivity index (χ4n) is 2.59. The van der Waals surface area contributed by atoms with Crippen LogP contribution in [0.5, 0.6) is 0 Å². The highest BCUT2D eigenvalue weighted by molar-refractivity contribution is 6.64. The number of hydrogen-bond acceptors (Lipinski definition) is 3. The predicted molar refractivity (Wildman–Crippen MR) is 50.6 cm³/mol. The Balaban J connectivity index is 2.26. The van der Waals surface area contributed by atoms with Gasteiger partial charge >= 0.3 is 5.97 Å². The molecule has 0 amide bonds. The summed E-state index contributed by atoms with van der Waals surface area (Å²) in [6.07, 6.45) is 4.82. The number of carbonyl (C=O) groups excluding carboxylic acids is 2. The first-order valence-corrected chi connectivity index (χ1v) is 4.98. The Morgan fingerprint density at radius 3 is 2.36 bits per heavy atom. The minimum Gasteiger partial charge on any atom is -0.469 e. The van der Waals surface area contributed by atoms with Crippen molar-refractivity contribution in [3.05, 3.63) is 12.2 Å². The summed E-state index contributed by atoms with van der Waals surface area (Å²) in [5, 5.41) is -0.419. The highest BCUT2D eigenvalue weighted by Gasteiger charge is 2.51. The van der Waals surface area contributed by atoms with Gasteiger partial charge in [-0.25, -0.2) is 0 Å². The van der Waals surface area contributed by atoms with Gasteiger partial charge in [-0.3, -0.25) is 9.59 Å². The molecule has 0 aromatic carbocycles. The number of esters is 1. The number of allylic oxidation sites excluding steroid dienone is 2. The van der Waals surface area contributed by atoms with Gasteiger partial charge in [-0.15, -0.1) is 0 Å². The van der Waals surface area contributed by atoms with Crippen LogP contribution in [0.2, 0.25) is 0 Å². The van der Waals surface area contributed by atoms with Crippen LogP contribution in [0.4, 0.5) is 0 Å². The smallest absolute Gasteiger partial charge is 0.310 e. The van der Waals surface area contributed by atoms with Crippen molar-refractivity contribution in [3.8, 4) is 0 Å².